The Kier molecular flexibility index (Phi) is 5.99. The maximum atomic E-state index is 12.6. The summed E-state index contributed by atoms with van der Waals surface area (Å²) in [5.41, 5.74) is 1.13. The van der Waals surface area contributed by atoms with Crippen LogP contribution in [0.2, 0.25) is 0 Å². The lowest BCUT2D eigenvalue weighted by Crippen LogP contribution is -2.24. The van der Waals surface area contributed by atoms with E-state index >= 15 is 0 Å². The molecule has 2 aromatic rings. The number of hydrogen-bond donors (Lipinski definition) is 3. The molecular weight excluding hydrogens is 354 g/mol. The highest BCUT2D eigenvalue weighted by atomic mass is 32.2. The van der Waals surface area contributed by atoms with Crippen LogP contribution in [-0.2, 0) is 9.84 Å². The van der Waals surface area contributed by atoms with Crippen molar-refractivity contribution in [2.75, 3.05) is 17.7 Å². The topological polar surface area (TPSA) is 104 Å². The number of rotatable bonds is 5. The molecule has 0 bridgehead atoms. The third kappa shape index (κ3) is 4.40. The van der Waals surface area contributed by atoms with Crippen LogP contribution in [0.1, 0.15) is 24.2 Å². The van der Waals surface area contributed by atoms with Gasteiger partial charge in [-0.2, -0.15) is 0 Å². The number of anilines is 2. The molecule has 138 valence electrons. The van der Waals surface area contributed by atoms with Gasteiger partial charge in [0.25, 0.3) is 5.91 Å². The van der Waals surface area contributed by atoms with E-state index in [0.717, 1.165) is 0 Å². The molecule has 3 N–H and O–H groups in total. The van der Waals surface area contributed by atoms with Gasteiger partial charge in [0, 0.05) is 18.4 Å². The van der Waals surface area contributed by atoms with Gasteiger partial charge in [-0.25, -0.2) is 13.2 Å². The molecule has 0 aliphatic heterocycles. The third-order valence-electron chi connectivity index (χ3n) is 3.69. The second kappa shape index (κ2) is 8.01. The van der Waals surface area contributed by atoms with E-state index in [2.05, 4.69) is 16.0 Å². The first kappa shape index (κ1) is 19.5. The monoisotopic (exact) mass is 375 g/mol. The van der Waals surface area contributed by atoms with E-state index in [1.54, 1.807) is 50.2 Å². The number of amides is 3. The fourth-order valence-electron chi connectivity index (χ4n) is 2.19. The molecule has 0 heterocycles. The Hall–Kier alpha value is -2.87. The van der Waals surface area contributed by atoms with Crippen molar-refractivity contribution in [1.29, 1.82) is 0 Å². The molecule has 0 fully saturated rings. The van der Waals surface area contributed by atoms with Gasteiger partial charge in [-0.1, -0.05) is 12.1 Å². The standard InChI is InChI=1S/C18H21N3O4S/c1-12(2)26(24,25)16-7-5-4-6-15(16)17(22)20-13-8-10-14(11-9-13)21-18(23)19-3/h4-12H,1-3H3,(H,20,22)(H2,19,21,23). The van der Waals surface area contributed by atoms with Gasteiger partial charge in [0.15, 0.2) is 9.84 Å². The van der Waals surface area contributed by atoms with E-state index < -0.39 is 21.0 Å². The number of carbonyl (C=O) groups is 2. The predicted octanol–water partition coefficient (Wildman–Crippen LogP) is 2.87. The first-order valence-corrected chi connectivity index (χ1v) is 9.53. The summed E-state index contributed by atoms with van der Waals surface area (Å²) in [6, 6.07) is 12.2. The molecule has 0 saturated carbocycles. The molecule has 0 spiro atoms. The summed E-state index contributed by atoms with van der Waals surface area (Å²) in [4.78, 5) is 23.8. The van der Waals surface area contributed by atoms with Crippen molar-refractivity contribution in [2.24, 2.45) is 0 Å². The Morgan fingerprint density at radius 3 is 1.96 bits per heavy atom. The van der Waals surface area contributed by atoms with E-state index in [1.165, 1.54) is 19.2 Å². The van der Waals surface area contributed by atoms with Crippen LogP contribution >= 0.6 is 0 Å². The highest BCUT2D eigenvalue weighted by Gasteiger charge is 2.25. The van der Waals surface area contributed by atoms with Crippen molar-refractivity contribution in [1.82, 2.24) is 5.32 Å². The fourth-order valence-corrected chi connectivity index (χ4v) is 3.43. The van der Waals surface area contributed by atoms with Crippen LogP contribution in [0.15, 0.2) is 53.4 Å². The Morgan fingerprint density at radius 1 is 0.885 bits per heavy atom. The van der Waals surface area contributed by atoms with E-state index in [1.807, 2.05) is 0 Å². The molecular formula is C18H21N3O4S. The number of nitrogens with one attached hydrogen (secondary N) is 3. The second-order valence-electron chi connectivity index (χ2n) is 5.83. The van der Waals surface area contributed by atoms with E-state index in [4.69, 9.17) is 0 Å². The van der Waals surface area contributed by atoms with Crippen molar-refractivity contribution >= 4 is 33.2 Å². The van der Waals surface area contributed by atoms with Gasteiger partial charge in [0.05, 0.1) is 15.7 Å². The van der Waals surface area contributed by atoms with Crippen LogP contribution in [0, 0.1) is 0 Å². The lowest BCUT2D eigenvalue weighted by molar-refractivity contribution is 0.102. The molecule has 0 atom stereocenters. The molecule has 0 saturated heterocycles. The lowest BCUT2D eigenvalue weighted by atomic mass is 10.2. The molecule has 0 unspecified atom stereocenters. The summed E-state index contributed by atoms with van der Waals surface area (Å²) >= 11 is 0. The minimum Gasteiger partial charge on any atom is -0.341 e. The number of carbonyl (C=O) groups excluding carboxylic acids is 2. The molecule has 0 aliphatic carbocycles. The zero-order valence-electron chi connectivity index (χ0n) is 14.7. The first-order chi connectivity index (χ1) is 12.3. The molecule has 0 aliphatic rings. The summed E-state index contributed by atoms with van der Waals surface area (Å²) in [7, 11) is -2.08. The normalized spacial score (nSPS) is 11.1. The molecule has 2 aromatic carbocycles. The summed E-state index contributed by atoms with van der Waals surface area (Å²) in [5.74, 6) is -0.517. The van der Waals surface area contributed by atoms with Crippen molar-refractivity contribution in [3.05, 3.63) is 54.1 Å². The van der Waals surface area contributed by atoms with Gasteiger partial charge in [-0.3, -0.25) is 4.79 Å². The highest BCUT2D eigenvalue weighted by Crippen LogP contribution is 2.22. The van der Waals surface area contributed by atoms with Crippen LogP contribution < -0.4 is 16.0 Å². The zero-order chi connectivity index (χ0) is 19.3. The average Bonchev–Trinajstić information content (AvgIpc) is 2.63. The molecule has 0 aromatic heterocycles. The minimum absolute atomic E-state index is 0.00500. The quantitative estimate of drug-likeness (QED) is 0.747. The molecule has 8 heteroatoms. The van der Waals surface area contributed by atoms with Crippen molar-refractivity contribution in [2.45, 2.75) is 24.0 Å². The van der Waals surface area contributed by atoms with E-state index in [9.17, 15) is 18.0 Å². The van der Waals surface area contributed by atoms with Gasteiger partial charge in [0.1, 0.15) is 0 Å². The summed E-state index contributed by atoms with van der Waals surface area (Å²) in [6.45, 7) is 3.14. The number of sulfone groups is 1. The third-order valence-corrected chi connectivity index (χ3v) is 5.90. The molecule has 26 heavy (non-hydrogen) atoms. The number of benzene rings is 2. The van der Waals surface area contributed by atoms with Gasteiger partial charge < -0.3 is 16.0 Å². The largest absolute Gasteiger partial charge is 0.341 e. The van der Waals surface area contributed by atoms with E-state index in [-0.39, 0.29) is 16.5 Å². The Morgan fingerprint density at radius 2 is 1.42 bits per heavy atom. The minimum atomic E-state index is -3.58. The molecule has 3 amide bonds. The second-order valence-corrected chi connectivity index (χ2v) is 8.30. The van der Waals surface area contributed by atoms with Crippen molar-refractivity contribution in [3.63, 3.8) is 0 Å². The first-order valence-electron chi connectivity index (χ1n) is 7.98. The van der Waals surface area contributed by atoms with Gasteiger partial charge >= 0.3 is 6.03 Å². The lowest BCUT2D eigenvalue weighted by Gasteiger charge is -2.13. The molecule has 2 rings (SSSR count). The Bertz CT molecular complexity index is 906. The number of urea groups is 1. The van der Waals surface area contributed by atoms with Gasteiger partial charge in [-0.15, -0.1) is 0 Å². The van der Waals surface area contributed by atoms with Crippen LogP contribution in [0.25, 0.3) is 0 Å². The van der Waals surface area contributed by atoms with Gasteiger partial charge in [-0.05, 0) is 50.2 Å². The summed E-state index contributed by atoms with van der Waals surface area (Å²) in [5, 5.41) is 7.08. The summed E-state index contributed by atoms with van der Waals surface area (Å²) < 4.78 is 24.9. The smallest absolute Gasteiger partial charge is 0.318 e. The Labute approximate surface area is 152 Å². The molecule has 7 nitrogen and oxygen atoms in total. The molecule has 0 radical (unpaired) electrons. The number of hydrogen-bond acceptors (Lipinski definition) is 4. The Balaban J connectivity index is 2.22. The maximum absolute atomic E-state index is 12.6. The van der Waals surface area contributed by atoms with E-state index in [0.29, 0.717) is 11.4 Å². The maximum Gasteiger partial charge on any atom is 0.318 e. The fraction of sp³-hybridized carbons (Fsp3) is 0.222. The van der Waals surface area contributed by atoms with Gasteiger partial charge in [0.2, 0.25) is 0 Å². The SMILES string of the molecule is CNC(=O)Nc1ccc(NC(=O)c2ccccc2S(=O)(=O)C(C)C)cc1. The average molecular weight is 375 g/mol. The highest BCUT2D eigenvalue weighted by molar-refractivity contribution is 7.92. The van der Waals surface area contributed by atoms with Crippen LogP contribution in [-0.4, -0.2) is 32.7 Å². The van der Waals surface area contributed by atoms with Crippen LogP contribution in [0.3, 0.4) is 0 Å². The van der Waals surface area contributed by atoms with Crippen molar-refractivity contribution < 1.29 is 18.0 Å². The zero-order valence-corrected chi connectivity index (χ0v) is 15.6. The van der Waals surface area contributed by atoms with Crippen molar-refractivity contribution in [3.8, 4) is 0 Å². The predicted molar refractivity (Wildman–Crippen MR) is 101 cm³/mol. The summed E-state index contributed by atoms with van der Waals surface area (Å²) in [6.07, 6.45) is 0. The van der Waals surface area contributed by atoms with Crippen LogP contribution in [0.5, 0.6) is 0 Å². The van der Waals surface area contributed by atoms with Crippen LogP contribution in [0.4, 0.5) is 16.2 Å².